The van der Waals surface area contributed by atoms with Gasteiger partial charge in [-0.2, -0.15) is 5.26 Å². The van der Waals surface area contributed by atoms with Gasteiger partial charge in [0.25, 0.3) is 0 Å². The van der Waals surface area contributed by atoms with Crippen molar-refractivity contribution in [3.63, 3.8) is 0 Å². The Hall–Kier alpha value is -1.76. The van der Waals surface area contributed by atoms with E-state index in [4.69, 9.17) is 28.5 Å². The summed E-state index contributed by atoms with van der Waals surface area (Å²) in [6.45, 7) is 1.97. The molecule has 0 bridgehead atoms. The minimum atomic E-state index is -0.0355. The van der Waals surface area contributed by atoms with Crippen LogP contribution < -0.4 is 5.32 Å². The lowest BCUT2D eigenvalue weighted by atomic mass is 10.1. The number of nitrogens with zero attached hydrogens (tertiary/aromatic N) is 2. The van der Waals surface area contributed by atoms with Gasteiger partial charge in [0.1, 0.15) is 11.9 Å². The second kappa shape index (κ2) is 5.92. The van der Waals surface area contributed by atoms with E-state index in [2.05, 4.69) is 10.3 Å². The maximum absolute atomic E-state index is 8.71. The summed E-state index contributed by atoms with van der Waals surface area (Å²) >= 11 is 12.2. The molecule has 96 valence electrons. The first kappa shape index (κ1) is 13.7. The van der Waals surface area contributed by atoms with Gasteiger partial charge in [-0.3, -0.25) is 0 Å². The van der Waals surface area contributed by atoms with Crippen molar-refractivity contribution in [1.29, 1.82) is 5.26 Å². The fourth-order valence-corrected chi connectivity index (χ4v) is 2.17. The maximum Gasteiger partial charge on any atom is 0.126 e. The van der Waals surface area contributed by atoms with Crippen molar-refractivity contribution in [2.24, 2.45) is 0 Å². The number of nitrogens with one attached hydrogen (secondary N) is 1. The molecule has 1 N–H and O–H groups in total. The number of halogens is 2. The second-order valence-electron chi connectivity index (χ2n) is 4.05. The molecule has 0 aliphatic heterocycles. The monoisotopic (exact) mass is 291 g/mol. The third-order valence-corrected chi connectivity index (χ3v) is 3.54. The molecule has 1 aromatic carbocycles. The largest absolute Gasteiger partial charge is 0.363 e. The molecule has 0 amide bonds. The van der Waals surface area contributed by atoms with E-state index in [-0.39, 0.29) is 6.04 Å². The highest BCUT2D eigenvalue weighted by Crippen LogP contribution is 2.31. The van der Waals surface area contributed by atoms with E-state index in [0.717, 1.165) is 5.56 Å². The van der Waals surface area contributed by atoms with Crippen molar-refractivity contribution in [2.75, 3.05) is 5.32 Å². The van der Waals surface area contributed by atoms with Crippen LogP contribution in [-0.2, 0) is 0 Å². The van der Waals surface area contributed by atoms with Gasteiger partial charge in [-0.15, -0.1) is 0 Å². The number of nitriles is 1. The van der Waals surface area contributed by atoms with Gasteiger partial charge in [0.15, 0.2) is 0 Å². The number of hydrogen-bond donors (Lipinski definition) is 1. The van der Waals surface area contributed by atoms with E-state index in [1.54, 1.807) is 18.2 Å². The van der Waals surface area contributed by atoms with Crippen molar-refractivity contribution in [3.8, 4) is 6.07 Å². The van der Waals surface area contributed by atoms with Gasteiger partial charge in [-0.25, -0.2) is 4.98 Å². The van der Waals surface area contributed by atoms with Crippen molar-refractivity contribution in [2.45, 2.75) is 13.0 Å². The van der Waals surface area contributed by atoms with Crippen LogP contribution in [0.3, 0.4) is 0 Å². The Morgan fingerprint density at radius 1 is 1.26 bits per heavy atom. The third kappa shape index (κ3) is 3.17. The quantitative estimate of drug-likeness (QED) is 0.910. The van der Waals surface area contributed by atoms with Crippen molar-refractivity contribution < 1.29 is 0 Å². The molecule has 0 aliphatic rings. The van der Waals surface area contributed by atoms with Crippen LogP contribution in [0.4, 0.5) is 5.82 Å². The van der Waals surface area contributed by atoms with E-state index >= 15 is 0 Å². The van der Waals surface area contributed by atoms with E-state index < -0.39 is 0 Å². The lowest BCUT2D eigenvalue weighted by molar-refractivity contribution is 0.875. The first-order valence-corrected chi connectivity index (χ1v) is 6.44. The van der Waals surface area contributed by atoms with Crippen LogP contribution in [0.1, 0.15) is 24.1 Å². The molecule has 0 saturated carbocycles. The number of aromatic nitrogens is 1. The highest BCUT2D eigenvalue weighted by atomic mass is 35.5. The minimum absolute atomic E-state index is 0.0355. The maximum atomic E-state index is 8.71. The Bertz CT molecular complexity index is 618. The molecule has 3 nitrogen and oxygen atoms in total. The van der Waals surface area contributed by atoms with Gasteiger partial charge >= 0.3 is 0 Å². The molecule has 1 aromatic heterocycles. The summed E-state index contributed by atoms with van der Waals surface area (Å²) in [4.78, 5) is 4.16. The number of rotatable bonds is 3. The summed E-state index contributed by atoms with van der Waals surface area (Å²) in [7, 11) is 0. The smallest absolute Gasteiger partial charge is 0.126 e. The number of hydrogen-bond acceptors (Lipinski definition) is 3. The van der Waals surface area contributed by atoms with Crippen molar-refractivity contribution >= 4 is 29.0 Å². The summed E-state index contributed by atoms with van der Waals surface area (Å²) in [5, 5.41) is 13.0. The molecule has 0 fully saturated rings. The van der Waals surface area contributed by atoms with Crippen LogP contribution in [0.5, 0.6) is 0 Å². The molecule has 1 unspecified atom stereocenters. The average molecular weight is 292 g/mol. The summed E-state index contributed by atoms with van der Waals surface area (Å²) in [5.74, 6) is 0.683. The molecule has 0 radical (unpaired) electrons. The Labute approximate surface area is 121 Å². The second-order valence-corrected chi connectivity index (χ2v) is 4.84. The summed E-state index contributed by atoms with van der Waals surface area (Å²) < 4.78 is 0. The van der Waals surface area contributed by atoms with Crippen molar-refractivity contribution in [1.82, 2.24) is 4.98 Å². The first-order chi connectivity index (χ1) is 9.11. The van der Waals surface area contributed by atoms with E-state index in [0.29, 0.717) is 21.4 Å². The number of anilines is 1. The lowest BCUT2D eigenvalue weighted by Crippen LogP contribution is -2.08. The Kier molecular flexibility index (Phi) is 4.26. The molecule has 19 heavy (non-hydrogen) atoms. The molecule has 0 saturated heterocycles. The molecule has 1 atom stereocenters. The summed E-state index contributed by atoms with van der Waals surface area (Å²) in [5.41, 5.74) is 1.43. The molecule has 1 heterocycles. The Morgan fingerprint density at radius 2 is 2.05 bits per heavy atom. The third-order valence-electron chi connectivity index (χ3n) is 2.70. The summed E-state index contributed by atoms with van der Waals surface area (Å²) in [6, 6.07) is 11.0. The van der Waals surface area contributed by atoms with Crippen LogP contribution in [0.15, 0.2) is 36.5 Å². The SMILES string of the molecule is CC(Nc1ccc(C#N)cn1)c1cccc(Cl)c1Cl. The topological polar surface area (TPSA) is 48.7 Å². The molecule has 2 rings (SSSR count). The highest BCUT2D eigenvalue weighted by molar-refractivity contribution is 6.42. The first-order valence-electron chi connectivity index (χ1n) is 5.68. The normalized spacial score (nSPS) is 11.7. The Balaban J connectivity index is 2.18. The molecule has 0 aliphatic carbocycles. The fourth-order valence-electron chi connectivity index (χ4n) is 1.70. The van der Waals surface area contributed by atoms with Gasteiger partial charge in [-0.05, 0) is 30.7 Å². The number of benzene rings is 1. The van der Waals surface area contributed by atoms with Gasteiger partial charge in [0.2, 0.25) is 0 Å². The van der Waals surface area contributed by atoms with E-state index in [1.165, 1.54) is 6.20 Å². The van der Waals surface area contributed by atoms with Crippen LogP contribution in [0.25, 0.3) is 0 Å². The van der Waals surface area contributed by atoms with Gasteiger partial charge in [-0.1, -0.05) is 35.3 Å². The van der Waals surface area contributed by atoms with Gasteiger partial charge in [0.05, 0.1) is 21.7 Å². The standard InChI is InChI=1S/C14H11Cl2N3/c1-9(11-3-2-4-12(15)14(11)16)19-13-6-5-10(7-17)8-18-13/h2-6,8-9H,1H3,(H,18,19). The lowest BCUT2D eigenvalue weighted by Gasteiger charge is -2.16. The van der Waals surface area contributed by atoms with E-state index in [9.17, 15) is 0 Å². The molecule has 0 spiro atoms. The van der Waals surface area contributed by atoms with Crippen LogP contribution >= 0.6 is 23.2 Å². The van der Waals surface area contributed by atoms with Gasteiger partial charge in [0, 0.05) is 6.20 Å². The predicted molar refractivity (Wildman–Crippen MR) is 77.5 cm³/mol. The zero-order valence-corrected chi connectivity index (χ0v) is 11.7. The van der Waals surface area contributed by atoms with Crippen LogP contribution in [0, 0.1) is 11.3 Å². The molecule has 5 heteroatoms. The number of pyridine rings is 1. The fraction of sp³-hybridized carbons (Fsp3) is 0.143. The minimum Gasteiger partial charge on any atom is -0.363 e. The van der Waals surface area contributed by atoms with E-state index in [1.807, 2.05) is 25.1 Å². The van der Waals surface area contributed by atoms with Crippen molar-refractivity contribution in [3.05, 3.63) is 57.7 Å². The molecule has 2 aromatic rings. The van der Waals surface area contributed by atoms with Crippen LogP contribution in [0.2, 0.25) is 10.0 Å². The zero-order valence-electron chi connectivity index (χ0n) is 10.2. The highest BCUT2D eigenvalue weighted by Gasteiger charge is 2.12. The van der Waals surface area contributed by atoms with Gasteiger partial charge < -0.3 is 5.32 Å². The summed E-state index contributed by atoms with van der Waals surface area (Å²) in [6.07, 6.45) is 1.52. The van der Waals surface area contributed by atoms with Crippen LogP contribution in [-0.4, -0.2) is 4.98 Å². The average Bonchev–Trinajstić information content (AvgIpc) is 2.42. The molecular weight excluding hydrogens is 281 g/mol. The zero-order chi connectivity index (χ0) is 13.8. The molecular formula is C14H11Cl2N3. The predicted octanol–water partition coefficient (Wildman–Crippen LogP) is 4.43. The Morgan fingerprint density at radius 3 is 2.68 bits per heavy atom.